The van der Waals surface area contributed by atoms with Crippen molar-refractivity contribution in [1.29, 1.82) is 5.41 Å². The molecule has 0 saturated heterocycles. The van der Waals surface area contributed by atoms with Crippen LogP contribution in [0.4, 0.5) is 5.69 Å². The minimum Gasteiger partial charge on any atom is -0.388 e. The highest BCUT2D eigenvalue weighted by atomic mass is 14.8. The Morgan fingerprint density at radius 2 is 2.00 bits per heavy atom. The Labute approximate surface area is 85.9 Å². The van der Waals surface area contributed by atoms with Crippen molar-refractivity contribution in [2.24, 2.45) is 0 Å². The van der Waals surface area contributed by atoms with E-state index in [1.807, 2.05) is 20.0 Å². The summed E-state index contributed by atoms with van der Waals surface area (Å²) in [6.45, 7) is 6.16. The lowest BCUT2D eigenvalue weighted by Crippen LogP contribution is -2.01. The summed E-state index contributed by atoms with van der Waals surface area (Å²) in [4.78, 5) is 0. The zero-order chi connectivity index (χ0) is 10.7. The first kappa shape index (κ1) is 10.8. The Bertz CT molecular complexity index is 340. The minimum atomic E-state index is 0.530. The van der Waals surface area contributed by atoms with Gasteiger partial charge in [0.1, 0.15) is 0 Å². The summed E-state index contributed by atoms with van der Waals surface area (Å²) in [7, 11) is 1.89. The van der Waals surface area contributed by atoms with Crippen molar-refractivity contribution in [2.45, 2.75) is 26.7 Å². The van der Waals surface area contributed by atoms with E-state index in [-0.39, 0.29) is 0 Å². The second-order valence-corrected chi connectivity index (χ2v) is 3.83. The van der Waals surface area contributed by atoms with Gasteiger partial charge in [0.05, 0.1) is 0 Å². The maximum absolute atomic E-state index is 7.62. The van der Waals surface area contributed by atoms with Crippen LogP contribution in [-0.2, 0) is 0 Å². The van der Waals surface area contributed by atoms with E-state index in [1.165, 1.54) is 5.56 Å². The molecule has 2 N–H and O–H groups in total. The molecule has 0 atom stereocenters. The first-order valence-corrected chi connectivity index (χ1v) is 4.93. The van der Waals surface area contributed by atoms with Gasteiger partial charge >= 0.3 is 0 Å². The fourth-order valence-electron chi connectivity index (χ4n) is 1.45. The Morgan fingerprint density at radius 1 is 1.36 bits per heavy atom. The van der Waals surface area contributed by atoms with Crippen LogP contribution < -0.4 is 5.32 Å². The van der Waals surface area contributed by atoms with Gasteiger partial charge in [0.25, 0.3) is 0 Å². The minimum absolute atomic E-state index is 0.530. The molecule has 1 aromatic rings. The van der Waals surface area contributed by atoms with Crippen molar-refractivity contribution in [3.63, 3.8) is 0 Å². The molecule has 0 aliphatic heterocycles. The molecule has 0 heterocycles. The molecule has 0 unspecified atom stereocenters. The van der Waals surface area contributed by atoms with Crippen molar-refractivity contribution in [3.8, 4) is 0 Å². The molecule has 0 amide bonds. The zero-order valence-corrected chi connectivity index (χ0v) is 9.31. The number of hydrogen-bond acceptors (Lipinski definition) is 2. The van der Waals surface area contributed by atoms with Gasteiger partial charge in [-0.3, -0.25) is 0 Å². The fourth-order valence-corrected chi connectivity index (χ4v) is 1.45. The molecule has 0 radical (unpaired) electrons. The maximum atomic E-state index is 7.62. The van der Waals surface area contributed by atoms with Crippen LogP contribution >= 0.6 is 0 Å². The Morgan fingerprint density at radius 3 is 2.43 bits per heavy atom. The Hall–Kier alpha value is -1.31. The van der Waals surface area contributed by atoms with E-state index in [1.54, 1.807) is 0 Å². The highest BCUT2D eigenvalue weighted by molar-refractivity contribution is 6.01. The van der Waals surface area contributed by atoms with Crippen LogP contribution in [0.5, 0.6) is 0 Å². The molecule has 76 valence electrons. The van der Waals surface area contributed by atoms with E-state index in [9.17, 15) is 0 Å². The van der Waals surface area contributed by atoms with Gasteiger partial charge < -0.3 is 10.7 Å². The summed E-state index contributed by atoms with van der Waals surface area (Å²) in [6.07, 6.45) is 0. The van der Waals surface area contributed by atoms with Gasteiger partial charge in [-0.05, 0) is 24.5 Å². The lowest BCUT2D eigenvalue weighted by Gasteiger charge is -2.12. The molecule has 1 rings (SSSR count). The largest absolute Gasteiger partial charge is 0.388 e. The van der Waals surface area contributed by atoms with E-state index in [4.69, 9.17) is 5.41 Å². The average Bonchev–Trinajstić information content (AvgIpc) is 2.16. The third-order valence-corrected chi connectivity index (χ3v) is 2.38. The highest BCUT2D eigenvalue weighted by Gasteiger charge is 2.06. The standard InChI is InChI=1S/C12H18N2/c1-8(2)10-5-6-11(9(3)13)12(7-10)14-4/h5-8,13-14H,1-4H3. The number of benzene rings is 1. The summed E-state index contributed by atoms with van der Waals surface area (Å²) >= 11 is 0. The summed E-state index contributed by atoms with van der Waals surface area (Å²) in [6, 6.07) is 6.24. The molecule has 0 spiro atoms. The van der Waals surface area contributed by atoms with Gasteiger partial charge in [-0.25, -0.2) is 0 Å². The third-order valence-electron chi connectivity index (χ3n) is 2.38. The maximum Gasteiger partial charge on any atom is 0.0432 e. The quantitative estimate of drug-likeness (QED) is 0.705. The van der Waals surface area contributed by atoms with Gasteiger partial charge in [0.15, 0.2) is 0 Å². The Balaban J connectivity index is 3.18. The van der Waals surface area contributed by atoms with Crippen molar-refractivity contribution in [2.75, 3.05) is 12.4 Å². The van der Waals surface area contributed by atoms with E-state index >= 15 is 0 Å². The van der Waals surface area contributed by atoms with Gasteiger partial charge in [-0.15, -0.1) is 0 Å². The third kappa shape index (κ3) is 2.13. The molecule has 0 aliphatic carbocycles. The van der Waals surface area contributed by atoms with Crippen LogP contribution in [0.15, 0.2) is 18.2 Å². The fraction of sp³-hybridized carbons (Fsp3) is 0.417. The lowest BCUT2D eigenvalue weighted by atomic mass is 9.99. The first-order valence-electron chi connectivity index (χ1n) is 4.93. The van der Waals surface area contributed by atoms with Gasteiger partial charge in [-0.1, -0.05) is 26.0 Å². The number of nitrogens with one attached hydrogen (secondary N) is 2. The second-order valence-electron chi connectivity index (χ2n) is 3.83. The summed E-state index contributed by atoms with van der Waals surface area (Å²) in [5.41, 5.74) is 3.93. The van der Waals surface area contributed by atoms with E-state index in [0.29, 0.717) is 11.6 Å². The molecule has 0 aromatic heterocycles. The van der Waals surface area contributed by atoms with Crippen LogP contribution in [-0.4, -0.2) is 12.8 Å². The van der Waals surface area contributed by atoms with Crippen LogP contribution in [0.3, 0.4) is 0 Å². The smallest absolute Gasteiger partial charge is 0.0432 e. The highest BCUT2D eigenvalue weighted by Crippen LogP contribution is 2.22. The van der Waals surface area contributed by atoms with Crippen LogP contribution in [0.25, 0.3) is 0 Å². The molecule has 0 fully saturated rings. The van der Waals surface area contributed by atoms with Gasteiger partial charge in [0.2, 0.25) is 0 Å². The molecular weight excluding hydrogens is 172 g/mol. The SMILES string of the molecule is CNc1cc(C(C)C)ccc1C(C)=N. The number of hydrogen-bond donors (Lipinski definition) is 2. The first-order chi connectivity index (χ1) is 6.56. The lowest BCUT2D eigenvalue weighted by molar-refractivity contribution is 0.867. The number of rotatable bonds is 3. The van der Waals surface area contributed by atoms with Crippen molar-refractivity contribution in [1.82, 2.24) is 0 Å². The predicted octanol–water partition coefficient (Wildman–Crippen LogP) is 3.24. The van der Waals surface area contributed by atoms with Crippen LogP contribution in [0.2, 0.25) is 0 Å². The molecule has 0 bridgehead atoms. The molecule has 0 saturated carbocycles. The summed E-state index contributed by atoms with van der Waals surface area (Å²) < 4.78 is 0. The van der Waals surface area contributed by atoms with Gasteiger partial charge in [-0.2, -0.15) is 0 Å². The van der Waals surface area contributed by atoms with Gasteiger partial charge in [0, 0.05) is 24.0 Å². The van der Waals surface area contributed by atoms with E-state index in [0.717, 1.165) is 11.3 Å². The predicted molar refractivity (Wildman–Crippen MR) is 62.6 cm³/mol. The molecule has 2 nitrogen and oxygen atoms in total. The van der Waals surface area contributed by atoms with E-state index in [2.05, 4.69) is 31.3 Å². The van der Waals surface area contributed by atoms with Crippen LogP contribution in [0.1, 0.15) is 37.8 Å². The molecular formula is C12H18N2. The van der Waals surface area contributed by atoms with Crippen molar-refractivity contribution >= 4 is 11.4 Å². The Kier molecular flexibility index (Phi) is 3.28. The van der Waals surface area contributed by atoms with E-state index < -0.39 is 0 Å². The molecule has 1 aromatic carbocycles. The summed E-state index contributed by atoms with van der Waals surface area (Å²) in [5.74, 6) is 0.530. The van der Waals surface area contributed by atoms with Crippen LogP contribution in [0, 0.1) is 5.41 Å². The zero-order valence-electron chi connectivity index (χ0n) is 9.31. The normalized spacial score (nSPS) is 10.4. The average molecular weight is 190 g/mol. The van der Waals surface area contributed by atoms with Crippen molar-refractivity contribution < 1.29 is 0 Å². The molecule has 0 aliphatic rings. The van der Waals surface area contributed by atoms with Crippen molar-refractivity contribution in [3.05, 3.63) is 29.3 Å². The molecule has 14 heavy (non-hydrogen) atoms. The second kappa shape index (κ2) is 4.27. The summed E-state index contributed by atoms with van der Waals surface area (Å²) in [5, 5.41) is 10.7. The number of anilines is 1. The molecule has 2 heteroatoms. The monoisotopic (exact) mass is 190 g/mol. The topological polar surface area (TPSA) is 35.9 Å².